The standard InChI is InChI=1S/C21H21N7O/c1-14-17(12-27-8-7-23-13-27)20(15-3-2-4-15)18(26-14)9-16-10-25-28(21(16)29)19-11-22-5-6-24-19/h5-11,13,15,26H,2-4,12H2,1H3/b16-9+. The monoisotopic (exact) mass is 387 g/mol. The van der Waals surface area contributed by atoms with E-state index in [0.717, 1.165) is 17.9 Å². The fourth-order valence-corrected chi connectivity index (χ4v) is 3.92. The van der Waals surface area contributed by atoms with Crippen LogP contribution < -0.4 is 5.01 Å². The van der Waals surface area contributed by atoms with Gasteiger partial charge in [0.15, 0.2) is 5.82 Å². The van der Waals surface area contributed by atoms with Crippen LogP contribution in [0.2, 0.25) is 0 Å². The third-order valence-corrected chi connectivity index (χ3v) is 5.62. The lowest BCUT2D eigenvalue weighted by Gasteiger charge is -2.27. The number of anilines is 1. The number of H-pyrrole nitrogens is 1. The van der Waals surface area contributed by atoms with E-state index in [1.54, 1.807) is 24.8 Å². The number of aryl methyl sites for hydroxylation is 1. The molecule has 0 atom stereocenters. The van der Waals surface area contributed by atoms with Gasteiger partial charge in [0.05, 0.1) is 30.9 Å². The molecule has 0 saturated heterocycles. The zero-order valence-corrected chi connectivity index (χ0v) is 16.1. The van der Waals surface area contributed by atoms with Crippen LogP contribution in [-0.2, 0) is 11.3 Å². The van der Waals surface area contributed by atoms with E-state index in [4.69, 9.17) is 0 Å². The molecule has 5 rings (SSSR count). The van der Waals surface area contributed by atoms with Crippen LogP contribution in [0.25, 0.3) is 6.08 Å². The number of hydrazone groups is 1. The number of aromatic nitrogens is 5. The number of amides is 1. The first-order chi connectivity index (χ1) is 14.2. The Balaban J connectivity index is 1.50. The van der Waals surface area contributed by atoms with Crippen LogP contribution in [0, 0.1) is 6.92 Å². The average Bonchev–Trinajstić information content (AvgIpc) is 3.39. The Kier molecular flexibility index (Phi) is 4.31. The van der Waals surface area contributed by atoms with Gasteiger partial charge in [-0.2, -0.15) is 10.1 Å². The molecule has 0 radical (unpaired) electrons. The van der Waals surface area contributed by atoms with Crippen molar-refractivity contribution in [1.29, 1.82) is 0 Å². The second kappa shape index (κ2) is 7.12. The molecule has 1 amide bonds. The van der Waals surface area contributed by atoms with Crippen molar-refractivity contribution >= 4 is 24.0 Å². The highest BCUT2D eigenvalue weighted by molar-refractivity contribution is 6.25. The summed E-state index contributed by atoms with van der Waals surface area (Å²) in [6.07, 6.45) is 17.4. The molecular weight excluding hydrogens is 366 g/mol. The maximum absolute atomic E-state index is 12.9. The average molecular weight is 387 g/mol. The van der Waals surface area contributed by atoms with Gasteiger partial charge in [0.2, 0.25) is 0 Å². The highest BCUT2D eigenvalue weighted by Crippen LogP contribution is 2.42. The fraction of sp³-hybridized carbons (Fsp3) is 0.286. The molecule has 1 saturated carbocycles. The summed E-state index contributed by atoms with van der Waals surface area (Å²) >= 11 is 0. The van der Waals surface area contributed by atoms with Crippen molar-refractivity contribution in [2.24, 2.45) is 5.10 Å². The molecule has 3 aromatic rings. The number of nitrogens with one attached hydrogen (secondary N) is 1. The molecule has 1 N–H and O–H groups in total. The van der Waals surface area contributed by atoms with E-state index in [9.17, 15) is 4.79 Å². The van der Waals surface area contributed by atoms with Crippen LogP contribution in [0.15, 0.2) is 48.0 Å². The van der Waals surface area contributed by atoms with Crippen LogP contribution in [0.1, 0.15) is 47.7 Å². The summed E-state index contributed by atoms with van der Waals surface area (Å²) < 4.78 is 2.08. The van der Waals surface area contributed by atoms with Crippen LogP contribution >= 0.6 is 0 Å². The predicted octanol–water partition coefficient (Wildman–Crippen LogP) is 3.04. The van der Waals surface area contributed by atoms with Crippen LogP contribution in [0.4, 0.5) is 5.82 Å². The van der Waals surface area contributed by atoms with Gasteiger partial charge in [-0.15, -0.1) is 0 Å². The van der Waals surface area contributed by atoms with E-state index in [1.807, 2.05) is 18.6 Å². The van der Waals surface area contributed by atoms with Crippen molar-refractivity contribution in [1.82, 2.24) is 24.5 Å². The molecule has 3 aromatic heterocycles. The molecule has 4 heterocycles. The minimum Gasteiger partial charge on any atom is -0.359 e. The Hall–Kier alpha value is -3.55. The second-order valence-electron chi connectivity index (χ2n) is 7.44. The van der Waals surface area contributed by atoms with Crippen LogP contribution in [0.5, 0.6) is 0 Å². The first-order valence-corrected chi connectivity index (χ1v) is 9.74. The number of hydrogen-bond acceptors (Lipinski definition) is 5. The summed E-state index contributed by atoms with van der Waals surface area (Å²) in [4.78, 5) is 28.7. The molecular formula is C21H21N7O. The molecule has 8 heteroatoms. The Morgan fingerprint density at radius 3 is 2.83 bits per heavy atom. The molecule has 29 heavy (non-hydrogen) atoms. The summed E-state index contributed by atoms with van der Waals surface area (Å²) in [5, 5.41) is 5.51. The third-order valence-electron chi connectivity index (χ3n) is 5.62. The number of imidazole rings is 1. The largest absolute Gasteiger partial charge is 0.359 e. The third kappa shape index (κ3) is 3.16. The zero-order valence-electron chi connectivity index (χ0n) is 16.1. The highest BCUT2D eigenvalue weighted by Gasteiger charge is 2.30. The van der Waals surface area contributed by atoms with Gasteiger partial charge >= 0.3 is 0 Å². The highest BCUT2D eigenvalue weighted by atomic mass is 16.2. The molecule has 0 spiro atoms. The number of carbonyl (C=O) groups excluding carboxylic acids is 1. The van der Waals surface area contributed by atoms with Gasteiger partial charge in [-0.25, -0.2) is 9.97 Å². The van der Waals surface area contributed by atoms with Crippen molar-refractivity contribution in [3.63, 3.8) is 0 Å². The molecule has 1 fully saturated rings. The van der Waals surface area contributed by atoms with E-state index in [2.05, 4.69) is 36.5 Å². The first-order valence-electron chi connectivity index (χ1n) is 9.74. The van der Waals surface area contributed by atoms with Crippen molar-refractivity contribution < 1.29 is 4.79 Å². The lowest BCUT2D eigenvalue weighted by Crippen LogP contribution is -2.22. The topological polar surface area (TPSA) is 92.1 Å². The number of rotatable bonds is 5. The van der Waals surface area contributed by atoms with Gasteiger partial charge in [-0.05, 0) is 42.9 Å². The maximum atomic E-state index is 12.9. The molecule has 146 valence electrons. The van der Waals surface area contributed by atoms with Crippen molar-refractivity contribution in [2.45, 2.75) is 38.6 Å². The van der Waals surface area contributed by atoms with Gasteiger partial charge < -0.3 is 9.55 Å². The fourth-order valence-electron chi connectivity index (χ4n) is 3.92. The van der Waals surface area contributed by atoms with Gasteiger partial charge in [0.25, 0.3) is 5.91 Å². The quantitative estimate of drug-likeness (QED) is 0.681. The van der Waals surface area contributed by atoms with Gasteiger partial charge in [0.1, 0.15) is 0 Å². The normalized spacial score (nSPS) is 18.0. The zero-order chi connectivity index (χ0) is 19.8. The summed E-state index contributed by atoms with van der Waals surface area (Å²) in [6, 6.07) is 0. The Labute approximate surface area is 168 Å². The summed E-state index contributed by atoms with van der Waals surface area (Å²) in [5.74, 6) is 0.739. The lowest BCUT2D eigenvalue weighted by atomic mass is 9.78. The van der Waals surface area contributed by atoms with Gasteiger partial charge in [-0.1, -0.05) is 6.42 Å². The molecule has 1 aliphatic heterocycles. The Morgan fingerprint density at radius 1 is 1.24 bits per heavy atom. The summed E-state index contributed by atoms with van der Waals surface area (Å²) in [7, 11) is 0. The minimum atomic E-state index is -0.200. The number of carbonyl (C=O) groups is 1. The number of nitrogens with zero attached hydrogens (tertiary/aromatic N) is 6. The van der Waals surface area contributed by atoms with Gasteiger partial charge in [0, 0.05) is 36.2 Å². The Morgan fingerprint density at radius 2 is 2.14 bits per heavy atom. The molecule has 0 unspecified atom stereocenters. The van der Waals surface area contributed by atoms with E-state index in [1.165, 1.54) is 41.6 Å². The SMILES string of the molecule is Cc1[nH]c(/C=C2\C=NN(c3cnccn3)C2=O)c(C2CCC2)c1Cn1ccnc1. The van der Waals surface area contributed by atoms with E-state index < -0.39 is 0 Å². The second-order valence-corrected chi connectivity index (χ2v) is 7.44. The van der Waals surface area contributed by atoms with E-state index in [0.29, 0.717) is 17.3 Å². The number of hydrogen-bond donors (Lipinski definition) is 1. The maximum Gasteiger partial charge on any atom is 0.281 e. The lowest BCUT2D eigenvalue weighted by molar-refractivity contribution is -0.114. The molecule has 0 bridgehead atoms. The van der Waals surface area contributed by atoms with Crippen molar-refractivity contribution in [2.75, 3.05) is 5.01 Å². The van der Waals surface area contributed by atoms with Crippen molar-refractivity contribution in [3.05, 3.63) is 65.4 Å². The van der Waals surface area contributed by atoms with E-state index >= 15 is 0 Å². The molecule has 2 aliphatic rings. The first kappa shape index (κ1) is 17.5. The van der Waals surface area contributed by atoms with E-state index in [-0.39, 0.29) is 5.91 Å². The van der Waals surface area contributed by atoms with Crippen molar-refractivity contribution in [3.8, 4) is 0 Å². The number of aromatic amines is 1. The van der Waals surface area contributed by atoms with Gasteiger partial charge in [-0.3, -0.25) is 9.78 Å². The summed E-state index contributed by atoms with van der Waals surface area (Å²) in [5.41, 5.74) is 5.26. The van der Waals surface area contributed by atoms with Crippen LogP contribution in [0.3, 0.4) is 0 Å². The smallest absolute Gasteiger partial charge is 0.281 e. The molecule has 1 aliphatic carbocycles. The molecule has 0 aromatic carbocycles. The predicted molar refractivity (Wildman–Crippen MR) is 109 cm³/mol. The molecule has 8 nitrogen and oxygen atoms in total. The Bertz CT molecular complexity index is 1090. The van der Waals surface area contributed by atoms with Crippen LogP contribution in [-0.4, -0.2) is 36.6 Å². The minimum absolute atomic E-state index is 0.200. The summed E-state index contributed by atoms with van der Waals surface area (Å²) in [6.45, 7) is 2.86.